The third kappa shape index (κ3) is 2.73. The lowest BCUT2D eigenvalue weighted by Crippen LogP contribution is -2.62. The fourth-order valence-electron chi connectivity index (χ4n) is 4.02. The zero-order chi connectivity index (χ0) is 13.4. The highest BCUT2D eigenvalue weighted by molar-refractivity contribution is 7.99. The molecule has 0 bridgehead atoms. The molecule has 0 spiro atoms. The molecule has 2 saturated heterocycles. The van der Waals surface area contributed by atoms with Gasteiger partial charge in [0.25, 0.3) is 0 Å². The van der Waals surface area contributed by atoms with Crippen LogP contribution in [0.25, 0.3) is 0 Å². The normalized spacial score (nSPS) is 37.3. The molecule has 106 valence electrons. The van der Waals surface area contributed by atoms with Gasteiger partial charge in [0.15, 0.2) is 0 Å². The average Bonchev–Trinajstić information content (AvgIpc) is 2.76. The molecule has 2 N–H and O–H groups in total. The summed E-state index contributed by atoms with van der Waals surface area (Å²) in [5, 5.41) is 0. The number of nitrogens with zero attached hydrogens (tertiary/aromatic N) is 1. The topological polar surface area (TPSA) is 29.3 Å². The molecule has 0 saturated carbocycles. The summed E-state index contributed by atoms with van der Waals surface area (Å²) in [5.41, 5.74) is 6.95. The third-order valence-corrected chi connectivity index (χ3v) is 6.46. The molecule has 2 unspecified atom stereocenters. The summed E-state index contributed by atoms with van der Waals surface area (Å²) >= 11 is 2.11. The van der Waals surface area contributed by atoms with Crippen LogP contribution in [0.3, 0.4) is 0 Å². The van der Waals surface area contributed by atoms with Gasteiger partial charge in [0, 0.05) is 23.9 Å². The molecule has 0 aliphatic carbocycles. The van der Waals surface area contributed by atoms with Gasteiger partial charge in [-0.05, 0) is 42.9 Å². The lowest BCUT2D eigenvalue weighted by atomic mass is 9.78. The number of hydrogen-bond acceptors (Lipinski definition) is 3. The highest BCUT2D eigenvalue weighted by Crippen LogP contribution is 2.45. The van der Waals surface area contributed by atoms with E-state index in [4.69, 9.17) is 5.73 Å². The molecular formula is C15H30N2S. The van der Waals surface area contributed by atoms with Crippen molar-refractivity contribution in [1.29, 1.82) is 0 Å². The van der Waals surface area contributed by atoms with E-state index in [0.29, 0.717) is 5.41 Å². The van der Waals surface area contributed by atoms with Gasteiger partial charge in [-0.25, -0.2) is 0 Å². The van der Waals surface area contributed by atoms with Crippen molar-refractivity contribution < 1.29 is 0 Å². The van der Waals surface area contributed by atoms with Gasteiger partial charge < -0.3 is 5.73 Å². The Morgan fingerprint density at radius 3 is 2.61 bits per heavy atom. The molecule has 2 aliphatic rings. The average molecular weight is 270 g/mol. The van der Waals surface area contributed by atoms with E-state index in [2.05, 4.69) is 44.4 Å². The number of thioether (sulfide) groups is 1. The minimum atomic E-state index is 0.262. The Labute approximate surface area is 117 Å². The fourth-order valence-corrected chi connectivity index (χ4v) is 5.54. The summed E-state index contributed by atoms with van der Waals surface area (Å²) in [5.74, 6) is 3.27. The monoisotopic (exact) mass is 270 g/mol. The Hall–Kier alpha value is 0.270. The Kier molecular flexibility index (Phi) is 4.35. The maximum atomic E-state index is 6.25. The first-order valence-corrected chi connectivity index (χ1v) is 8.60. The number of rotatable bonds is 3. The van der Waals surface area contributed by atoms with E-state index in [-0.39, 0.29) is 5.54 Å². The van der Waals surface area contributed by atoms with Crippen LogP contribution in [0.15, 0.2) is 0 Å². The first kappa shape index (κ1) is 14.7. The standard InChI is InChI=1S/C15H30N2S/c1-12(2)13-6-5-7-17(13)15(9-16)8-14(3,4)10-18-11-15/h12-13H,5-11,16H2,1-4H3. The Bertz CT molecular complexity index is 290. The van der Waals surface area contributed by atoms with Gasteiger partial charge in [0.1, 0.15) is 0 Å². The summed E-state index contributed by atoms with van der Waals surface area (Å²) in [6, 6.07) is 0.753. The maximum absolute atomic E-state index is 6.25. The second kappa shape index (κ2) is 5.34. The van der Waals surface area contributed by atoms with Crippen LogP contribution in [0.4, 0.5) is 0 Å². The van der Waals surface area contributed by atoms with Crippen molar-refractivity contribution in [2.45, 2.75) is 58.5 Å². The summed E-state index contributed by atoms with van der Waals surface area (Å²) in [7, 11) is 0. The van der Waals surface area contributed by atoms with E-state index in [9.17, 15) is 0 Å². The molecule has 0 aromatic carbocycles. The Morgan fingerprint density at radius 2 is 2.06 bits per heavy atom. The smallest absolute Gasteiger partial charge is 0.0430 e. The van der Waals surface area contributed by atoms with Gasteiger partial charge in [0.2, 0.25) is 0 Å². The fraction of sp³-hybridized carbons (Fsp3) is 1.00. The lowest BCUT2D eigenvalue weighted by Gasteiger charge is -2.52. The van der Waals surface area contributed by atoms with Crippen LogP contribution in [0.1, 0.15) is 47.0 Å². The van der Waals surface area contributed by atoms with Crippen LogP contribution in [-0.4, -0.2) is 41.1 Å². The maximum Gasteiger partial charge on any atom is 0.0430 e. The van der Waals surface area contributed by atoms with Crippen molar-refractivity contribution in [3.05, 3.63) is 0 Å². The van der Waals surface area contributed by atoms with E-state index in [1.807, 2.05) is 0 Å². The number of likely N-dealkylation sites (tertiary alicyclic amines) is 1. The van der Waals surface area contributed by atoms with E-state index in [1.54, 1.807) is 0 Å². The lowest BCUT2D eigenvalue weighted by molar-refractivity contribution is 0.0411. The molecule has 3 heteroatoms. The highest BCUT2D eigenvalue weighted by Gasteiger charge is 2.47. The Balaban J connectivity index is 2.21. The largest absolute Gasteiger partial charge is 0.329 e. The molecule has 0 aromatic heterocycles. The molecular weight excluding hydrogens is 240 g/mol. The number of nitrogens with two attached hydrogens (primary N) is 1. The molecule has 2 fully saturated rings. The van der Waals surface area contributed by atoms with Crippen LogP contribution >= 0.6 is 11.8 Å². The molecule has 2 aliphatic heterocycles. The summed E-state index contributed by atoms with van der Waals surface area (Å²) < 4.78 is 0. The van der Waals surface area contributed by atoms with Crippen molar-refractivity contribution in [3.8, 4) is 0 Å². The highest BCUT2D eigenvalue weighted by atomic mass is 32.2. The molecule has 2 rings (SSSR count). The van der Waals surface area contributed by atoms with Crippen LogP contribution in [0.5, 0.6) is 0 Å². The summed E-state index contributed by atoms with van der Waals surface area (Å²) in [4.78, 5) is 2.78. The van der Waals surface area contributed by atoms with Gasteiger partial charge >= 0.3 is 0 Å². The van der Waals surface area contributed by atoms with Crippen molar-refractivity contribution >= 4 is 11.8 Å². The zero-order valence-electron chi connectivity index (χ0n) is 12.5. The molecule has 0 aromatic rings. The predicted molar refractivity (Wildman–Crippen MR) is 82.1 cm³/mol. The SMILES string of the molecule is CC(C)C1CCCN1C1(CN)CSCC(C)(C)C1. The van der Waals surface area contributed by atoms with Gasteiger partial charge in [-0.3, -0.25) is 4.90 Å². The van der Waals surface area contributed by atoms with Crippen LogP contribution < -0.4 is 5.73 Å². The van der Waals surface area contributed by atoms with Crippen LogP contribution in [0.2, 0.25) is 0 Å². The van der Waals surface area contributed by atoms with Crippen LogP contribution in [-0.2, 0) is 0 Å². The van der Waals surface area contributed by atoms with Gasteiger partial charge in [0.05, 0.1) is 0 Å². The molecule has 0 amide bonds. The predicted octanol–water partition coefficient (Wildman–Crippen LogP) is 2.97. The van der Waals surface area contributed by atoms with E-state index < -0.39 is 0 Å². The quantitative estimate of drug-likeness (QED) is 0.855. The Morgan fingerprint density at radius 1 is 1.33 bits per heavy atom. The van der Waals surface area contributed by atoms with E-state index in [0.717, 1.165) is 18.5 Å². The van der Waals surface area contributed by atoms with Crippen molar-refractivity contribution in [2.75, 3.05) is 24.6 Å². The van der Waals surface area contributed by atoms with Crippen molar-refractivity contribution in [2.24, 2.45) is 17.1 Å². The number of hydrogen-bond donors (Lipinski definition) is 1. The molecule has 18 heavy (non-hydrogen) atoms. The molecule has 2 heterocycles. The third-order valence-electron chi connectivity index (χ3n) is 4.73. The van der Waals surface area contributed by atoms with E-state index in [1.165, 1.54) is 37.3 Å². The molecule has 2 atom stereocenters. The minimum absolute atomic E-state index is 0.262. The summed E-state index contributed by atoms with van der Waals surface area (Å²) in [6.45, 7) is 11.6. The second-order valence-corrected chi connectivity index (χ2v) is 8.39. The first-order valence-electron chi connectivity index (χ1n) is 7.45. The molecule has 2 nitrogen and oxygen atoms in total. The first-order chi connectivity index (χ1) is 8.40. The van der Waals surface area contributed by atoms with Gasteiger partial charge in [-0.2, -0.15) is 11.8 Å². The zero-order valence-corrected chi connectivity index (χ0v) is 13.4. The summed E-state index contributed by atoms with van der Waals surface area (Å²) in [6.07, 6.45) is 3.99. The minimum Gasteiger partial charge on any atom is -0.329 e. The molecule has 0 radical (unpaired) electrons. The van der Waals surface area contributed by atoms with Gasteiger partial charge in [-0.15, -0.1) is 0 Å². The van der Waals surface area contributed by atoms with Crippen molar-refractivity contribution in [3.63, 3.8) is 0 Å². The van der Waals surface area contributed by atoms with Gasteiger partial charge in [-0.1, -0.05) is 27.7 Å². The second-order valence-electron chi connectivity index (χ2n) is 7.41. The van der Waals surface area contributed by atoms with Crippen molar-refractivity contribution in [1.82, 2.24) is 4.90 Å². The van der Waals surface area contributed by atoms with E-state index >= 15 is 0 Å². The van der Waals surface area contributed by atoms with Crippen LogP contribution in [0, 0.1) is 11.3 Å².